The predicted molar refractivity (Wildman–Crippen MR) is 74.2 cm³/mol. The highest BCUT2D eigenvalue weighted by Crippen LogP contribution is 2.20. The van der Waals surface area contributed by atoms with Crippen LogP contribution in [0, 0.1) is 5.92 Å². The Balaban J connectivity index is 1.70. The Bertz CT molecular complexity index is 591. The fourth-order valence-corrected chi connectivity index (χ4v) is 2.62. The Morgan fingerprint density at radius 3 is 3.11 bits per heavy atom. The number of hydrogen-bond acceptors (Lipinski definition) is 2. The van der Waals surface area contributed by atoms with Crippen molar-refractivity contribution in [2.45, 2.75) is 19.4 Å². The molecule has 2 unspecified atom stereocenters. The van der Waals surface area contributed by atoms with Crippen molar-refractivity contribution in [2.75, 3.05) is 13.2 Å². The molecule has 100 valence electrons. The molecule has 2 heterocycles. The van der Waals surface area contributed by atoms with E-state index in [0.29, 0.717) is 18.0 Å². The third-order valence-corrected chi connectivity index (χ3v) is 3.89. The maximum Gasteiger partial charge on any atom is 0.253 e. The zero-order valence-electron chi connectivity index (χ0n) is 11.0. The van der Waals surface area contributed by atoms with Gasteiger partial charge in [0.1, 0.15) is 0 Å². The lowest BCUT2D eigenvalue weighted by Crippen LogP contribution is -2.31. The molecule has 2 aromatic rings. The molecule has 1 aromatic carbocycles. The SMILES string of the molecule is CC1OCCC1CNC(=O)c1c[nH]c2ccccc12. The van der Waals surface area contributed by atoms with Gasteiger partial charge in [0.25, 0.3) is 5.91 Å². The van der Waals surface area contributed by atoms with Crippen LogP contribution in [-0.2, 0) is 4.74 Å². The van der Waals surface area contributed by atoms with E-state index in [-0.39, 0.29) is 12.0 Å². The van der Waals surface area contributed by atoms with Crippen molar-refractivity contribution in [3.05, 3.63) is 36.0 Å². The maximum atomic E-state index is 12.2. The van der Waals surface area contributed by atoms with Gasteiger partial charge in [-0.2, -0.15) is 0 Å². The minimum absolute atomic E-state index is 0.0171. The van der Waals surface area contributed by atoms with Crippen LogP contribution in [0.2, 0.25) is 0 Å². The Kier molecular flexibility index (Phi) is 3.25. The van der Waals surface area contributed by atoms with E-state index in [1.54, 1.807) is 6.20 Å². The highest BCUT2D eigenvalue weighted by molar-refractivity contribution is 6.06. The van der Waals surface area contributed by atoms with Gasteiger partial charge in [-0.1, -0.05) is 18.2 Å². The van der Waals surface area contributed by atoms with Crippen molar-refractivity contribution >= 4 is 16.8 Å². The van der Waals surface area contributed by atoms with E-state index in [4.69, 9.17) is 4.74 Å². The molecule has 0 bridgehead atoms. The molecule has 1 amide bonds. The number of aromatic nitrogens is 1. The molecule has 4 nitrogen and oxygen atoms in total. The summed E-state index contributed by atoms with van der Waals surface area (Å²) in [5.74, 6) is 0.408. The van der Waals surface area contributed by atoms with Gasteiger partial charge in [0.2, 0.25) is 0 Å². The van der Waals surface area contributed by atoms with E-state index in [9.17, 15) is 4.79 Å². The molecular weight excluding hydrogens is 240 g/mol. The lowest BCUT2D eigenvalue weighted by Gasteiger charge is -2.14. The monoisotopic (exact) mass is 258 g/mol. The summed E-state index contributed by atoms with van der Waals surface area (Å²) in [4.78, 5) is 15.3. The van der Waals surface area contributed by atoms with Gasteiger partial charge in [-0.05, 0) is 19.4 Å². The van der Waals surface area contributed by atoms with Crippen molar-refractivity contribution in [1.82, 2.24) is 10.3 Å². The summed E-state index contributed by atoms with van der Waals surface area (Å²) >= 11 is 0. The molecule has 0 spiro atoms. The lowest BCUT2D eigenvalue weighted by atomic mass is 10.0. The summed E-state index contributed by atoms with van der Waals surface area (Å²) in [6.07, 6.45) is 3.03. The second kappa shape index (κ2) is 5.05. The van der Waals surface area contributed by atoms with Gasteiger partial charge in [0.05, 0.1) is 11.7 Å². The zero-order valence-corrected chi connectivity index (χ0v) is 11.0. The van der Waals surface area contributed by atoms with Crippen LogP contribution in [0.5, 0.6) is 0 Å². The van der Waals surface area contributed by atoms with Crippen LogP contribution in [0.3, 0.4) is 0 Å². The minimum atomic E-state index is -0.0171. The van der Waals surface area contributed by atoms with Crippen molar-refractivity contribution in [3.63, 3.8) is 0 Å². The first-order valence-corrected chi connectivity index (χ1v) is 6.71. The molecule has 1 saturated heterocycles. The molecule has 3 rings (SSSR count). The average molecular weight is 258 g/mol. The summed E-state index contributed by atoms with van der Waals surface area (Å²) in [6, 6.07) is 7.83. The lowest BCUT2D eigenvalue weighted by molar-refractivity contribution is 0.0909. The Hall–Kier alpha value is -1.81. The second-order valence-electron chi connectivity index (χ2n) is 5.08. The quantitative estimate of drug-likeness (QED) is 0.887. The van der Waals surface area contributed by atoms with Crippen LogP contribution in [0.15, 0.2) is 30.5 Å². The minimum Gasteiger partial charge on any atom is -0.378 e. The highest BCUT2D eigenvalue weighted by Gasteiger charge is 2.24. The Morgan fingerprint density at radius 1 is 1.47 bits per heavy atom. The molecule has 1 fully saturated rings. The number of fused-ring (bicyclic) bond motifs is 1. The van der Waals surface area contributed by atoms with Gasteiger partial charge >= 0.3 is 0 Å². The number of H-pyrrole nitrogens is 1. The summed E-state index contributed by atoms with van der Waals surface area (Å²) in [5, 5.41) is 3.98. The Morgan fingerprint density at radius 2 is 2.32 bits per heavy atom. The smallest absolute Gasteiger partial charge is 0.253 e. The number of rotatable bonds is 3. The van der Waals surface area contributed by atoms with E-state index in [2.05, 4.69) is 17.2 Å². The van der Waals surface area contributed by atoms with E-state index in [0.717, 1.165) is 23.9 Å². The van der Waals surface area contributed by atoms with Crippen molar-refractivity contribution in [3.8, 4) is 0 Å². The molecule has 0 saturated carbocycles. The van der Waals surface area contributed by atoms with E-state index >= 15 is 0 Å². The van der Waals surface area contributed by atoms with Gasteiger partial charge in [-0.25, -0.2) is 0 Å². The largest absolute Gasteiger partial charge is 0.378 e. The molecule has 1 aliphatic rings. The number of hydrogen-bond donors (Lipinski definition) is 2. The van der Waals surface area contributed by atoms with E-state index in [1.165, 1.54) is 0 Å². The fourth-order valence-electron chi connectivity index (χ4n) is 2.62. The van der Waals surface area contributed by atoms with Crippen LogP contribution in [0.25, 0.3) is 10.9 Å². The standard InChI is InChI=1S/C15H18N2O2/c1-10-11(6-7-19-10)8-17-15(18)13-9-16-14-5-3-2-4-12(13)14/h2-5,9-11,16H,6-8H2,1H3,(H,17,18). The molecular formula is C15H18N2O2. The van der Waals surface area contributed by atoms with Crippen LogP contribution in [0.1, 0.15) is 23.7 Å². The third-order valence-electron chi connectivity index (χ3n) is 3.89. The van der Waals surface area contributed by atoms with Crippen molar-refractivity contribution in [1.29, 1.82) is 0 Å². The summed E-state index contributed by atoms with van der Waals surface area (Å²) in [5.41, 5.74) is 1.70. The fraction of sp³-hybridized carbons (Fsp3) is 0.400. The number of carbonyl (C=O) groups excluding carboxylic acids is 1. The number of aromatic amines is 1. The highest BCUT2D eigenvalue weighted by atomic mass is 16.5. The molecule has 4 heteroatoms. The molecule has 1 aromatic heterocycles. The molecule has 1 aliphatic heterocycles. The van der Waals surface area contributed by atoms with E-state index in [1.807, 2.05) is 24.3 Å². The molecule has 0 radical (unpaired) electrons. The zero-order chi connectivity index (χ0) is 13.2. The topological polar surface area (TPSA) is 54.1 Å². The van der Waals surface area contributed by atoms with E-state index < -0.39 is 0 Å². The first-order valence-electron chi connectivity index (χ1n) is 6.71. The van der Waals surface area contributed by atoms with Crippen LogP contribution < -0.4 is 5.32 Å². The summed E-state index contributed by atoms with van der Waals surface area (Å²) in [6.45, 7) is 3.55. The normalized spacial score (nSPS) is 22.8. The molecule has 19 heavy (non-hydrogen) atoms. The van der Waals surface area contributed by atoms with Gasteiger partial charge in [0.15, 0.2) is 0 Å². The molecule has 0 aliphatic carbocycles. The number of para-hydroxylation sites is 1. The number of carbonyl (C=O) groups is 1. The molecule has 2 atom stereocenters. The van der Waals surface area contributed by atoms with Gasteiger partial charge in [-0.15, -0.1) is 0 Å². The first kappa shape index (κ1) is 12.2. The van der Waals surface area contributed by atoms with Crippen molar-refractivity contribution < 1.29 is 9.53 Å². The van der Waals surface area contributed by atoms with Crippen LogP contribution >= 0.6 is 0 Å². The maximum absolute atomic E-state index is 12.2. The molecule has 2 N–H and O–H groups in total. The van der Waals surface area contributed by atoms with Gasteiger partial charge in [0, 0.05) is 36.2 Å². The average Bonchev–Trinajstić information content (AvgIpc) is 3.02. The van der Waals surface area contributed by atoms with Gasteiger partial charge < -0.3 is 15.0 Å². The summed E-state index contributed by atoms with van der Waals surface area (Å²) in [7, 11) is 0. The first-order chi connectivity index (χ1) is 9.25. The predicted octanol–water partition coefficient (Wildman–Crippen LogP) is 2.32. The van der Waals surface area contributed by atoms with Crippen molar-refractivity contribution in [2.24, 2.45) is 5.92 Å². The number of amides is 1. The van der Waals surface area contributed by atoms with Crippen LogP contribution in [-0.4, -0.2) is 30.1 Å². The van der Waals surface area contributed by atoms with Gasteiger partial charge in [-0.3, -0.25) is 4.79 Å². The van der Waals surface area contributed by atoms with Crippen LogP contribution in [0.4, 0.5) is 0 Å². The number of nitrogens with one attached hydrogen (secondary N) is 2. The number of ether oxygens (including phenoxy) is 1. The second-order valence-corrected chi connectivity index (χ2v) is 5.08. The number of benzene rings is 1. The summed E-state index contributed by atoms with van der Waals surface area (Å²) < 4.78 is 5.50. The Labute approximate surface area is 112 Å². The third kappa shape index (κ3) is 2.36.